The van der Waals surface area contributed by atoms with Crippen molar-refractivity contribution in [3.8, 4) is 0 Å². The van der Waals surface area contributed by atoms with Crippen LogP contribution in [0.15, 0.2) is 18.2 Å². The van der Waals surface area contributed by atoms with Gasteiger partial charge in [0.2, 0.25) is 0 Å². The molecule has 0 atom stereocenters. The Morgan fingerprint density at radius 1 is 1.29 bits per heavy atom. The molecule has 0 unspecified atom stereocenters. The van der Waals surface area contributed by atoms with E-state index in [0.717, 1.165) is 37.2 Å². The molecule has 0 fully saturated rings. The fourth-order valence-electron chi connectivity index (χ4n) is 2.23. The zero-order chi connectivity index (χ0) is 15.4. The van der Waals surface area contributed by atoms with Crippen LogP contribution in [0.25, 0.3) is 10.9 Å². The van der Waals surface area contributed by atoms with Crippen LogP contribution in [0.5, 0.6) is 0 Å². The molecule has 1 heterocycles. The number of hydrogen-bond acceptors (Lipinski definition) is 4. The number of anilines is 1. The lowest BCUT2D eigenvalue weighted by molar-refractivity contribution is -0.384. The maximum atomic E-state index is 10.9. The van der Waals surface area contributed by atoms with Gasteiger partial charge in [0.1, 0.15) is 5.82 Å². The number of halogens is 1. The van der Waals surface area contributed by atoms with Gasteiger partial charge in [-0.05, 0) is 24.5 Å². The molecule has 0 spiro atoms. The standard InChI is InChI=1S/C15H18ClN3O2/c1-3-5-10-7-11-8-12(19(20)21)9-13(16)14(11)18-15(10)17-6-4-2/h7-9H,3-6H2,1-2H3,(H,17,18). The van der Waals surface area contributed by atoms with Crippen molar-refractivity contribution in [2.45, 2.75) is 33.1 Å². The van der Waals surface area contributed by atoms with Crippen LogP contribution in [0, 0.1) is 10.1 Å². The van der Waals surface area contributed by atoms with Crippen LogP contribution in [0.2, 0.25) is 5.02 Å². The summed E-state index contributed by atoms with van der Waals surface area (Å²) in [5.74, 6) is 0.821. The first-order valence-electron chi connectivity index (χ1n) is 7.08. The molecule has 2 aromatic rings. The van der Waals surface area contributed by atoms with Crippen molar-refractivity contribution in [2.75, 3.05) is 11.9 Å². The van der Waals surface area contributed by atoms with Gasteiger partial charge in [-0.3, -0.25) is 10.1 Å². The molecule has 0 bridgehead atoms. The van der Waals surface area contributed by atoms with E-state index in [0.29, 0.717) is 15.9 Å². The Hall–Kier alpha value is -1.88. The molecule has 5 nitrogen and oxygen atoms in total. The number of aryl methyl sites for hydroxylation is 1. The van der Waals surface area contributed by atoms with Crippen LogP contribution in [0.4, 0.5) is 11.5 Å². The molecule has 6 heteroatoms. The van der Waals surface area contributed by atoms with E-state index in [1.807, 2.05) is 6.07 Å². The predicted molar refractivity (Wildman–Crippen MR) is 86.2 cm³/mol. The molecule has 1 aromatic heterocycles. The fourth-order valence-corrected chi connectivity index (χ4v) is 2.50. The largest absolute Gasteiger partial charge is 0.370 e. The number of nitro benzene ring substituents is 1. The summed E-state index contributed by atoms with van der Waals surface area (Å²) >= 11 is 6.15. The number of nitro groups is 1. The second-order valence-corrected chi connectivity index (χ2v) is 5.34. The summed E-state index contributed by atoms with van der Waals surface area (Å²) in [5.41, 5.74) is 1.65. The Morgan fingerprint density at radius 3 is 2.67 bits per heavy atom. The number of aromatic nitrogens is 1. The van der Waals surface area contributed by atoms with Gasteiger partial charge in [-0.2, -0.15) is 0 Å². The van der Waals surface area contributed by atoms with Gasteiger partial charge in [-0.25, -0.2) is 4.98 Å². The highest BCUT2D eigenvalue weighted by Gasteiger charge is 2.14. The number of rotatable bonds is 6. The third kappa shape index (κ3) is 3.42. The molecular formula is C15H18ClN3O2. The van der Waals surface area contributed by atoms with Gasteiger partial charge < -0.3 is 5.32 Å². The van der Waals surface area contributed by atoms with Crippen LogP contribution in [-0.4, -0.2) is 16.5 Å². The number of hydrogen-bond donors (Lipinski definition) is 1. The SMILES string of the molecule is CCCNc1nc2c(Cl)cc([N+](=O)[O-])cc2cc1CCC. The average molecular weight is 308 g/mol. The topological polar surface area (TPSA) is 68.1 Å². The highest BCUT2D eigenvalue weighted by Crippen LogP contribution is 2.31. The zero-order valence-corrected chi connectivity index (χ0v) is 12.9. The Kier molecular flexibility index (Phi) is 4.96. The Labute approximate surface area is 128 Å². The Morgan fingerprint density at radius 2 is 2.05 bits per heavy atom. The quantitative estimate of drug-likeness (QED) is 0.627. The van der Waals surface area contributed by atoms with E-state index in [4.69, 9.17) is 11.6 Å². The summed E-state index contributed by atoms with van der Waals surface area (Å²) in [5, 5.41) is 15.2. The van der Waals surface area contributed by atoms with Gasteiger partial charge in [-0.1, -0.05) is 31.9 Å². The molecule has 21 heavy (non-hydrogen) atoms. The van der Waals surface area contributed by atoms with E-state index in [1.165, 1.54) is 12.1 Å². The van der Waals surface area contributed by atoms with Gasteiger partial charge in [0, 0.05) is 24.1 Å². The summed E-state index contributed by atoms with van der Waals surface area (Å²) < 4.78 is 0. The third-order valence-electron chi connectivity index (χ3n) is 3.21. The third-order valence-corrected chi connectivity index (χ3v) is 3.50. The molecular weight excluding hydrogens is 290 g/mol. The number of nitrogens with one attached hydrogen (secondary N) is 1. The highest BCUT2D eigenvalue weighted by molar-refractivity contribution is 6.35. The van der Waals surface area contributed by atoms with E-state index < -0.39 is 4.92 Å². The molecule has 0 saturated heterocycles. The van der Waals surface area contributed by atoms with Crippen LogP contribution in [0.1, 0.15) is 32.3 Å². The molecule has 0 aliphatic carbocycles. The second-order valence-electron chi connectivity index (χ2n) is 4.93. The van der Waals surface area contributed by atoms with Crippen LogP contribution in [-0.2, 0) is 6.42 Å². The first-order valence-corrected chi connectivity index (χ1v) is 7.46. The van der Waals surface area contributed by atoms with E-state index in [9.17, 15) is 10.1 Å². The van der Waals surface area contributed by atoms with Crippen LogP contribution >= 0.6 is 11.6 Å². The minimum atomic E-state index is -0.436. The second kappa shape index (κ2) is 6.72. The number of benzene rings is 1. The van der Waals surface area contributed by atoms with Crippen molar-refractivity contribution in [2.24, 2.45) is 0 Å². The first kappa shape index (κ1) is 15.5. The van der Waals surface area contributed by atoms with Crippen LogP contribution in [0.3, 0.4) is 0 Å². The lowest BCUT2D eigenvalue weighted by atomic mass is 10.1. The van der Waals surface area contributed by atoms with Gasteiger partial charge in [0.05, 0.1) is 15.5 Å². The Bertz CT molecular complexity index is 674. The first-order chi connectivity index (χ1) is 10.1. The molecule has 0 aliphatic heterocycles. The normalized spacial score (nSPS) is 10.8. The zero-order valence-electron chi connectivity index (χ0n) is 12.1. The minimum Gasteiger partial charge on any atom is -0.370 e. The number of fused-ring (bicyclic) bond motifs is 1. The van der Waals surface area contributed by atoms with Gasteiger partial charge in [-0.15, -0.1) is 0 Å². The van der Waals surface area contributed by atoms with E-state index >= 15 is 0 Å². The molecule has 0 amide bonds. The predicted octanol–water partition coefficient (Wildman–Crippen LogP) is 4.57. The fraction of sp³-hybridized carbons (Fsp3) is 0.400. The summed E-state index contributed by atoms with van der Waals surface area (Å²) in [7, 11) is 0. The van der Waals surface area contributed by atoms with Crippen molar-refractivity contribution in [1.82, 2.24) is 4.98 Å². The van der Waals surface area contributed by atoms with E-state index in [1.54, 1.807) is 0 Å². The minimum absolute atomic E-state index is 0.00832. The van der Waals surface area contributed by atoms with Crippen molar-refractivity contribution >= 4 is 34.0 Å². The summed E-state index contributed by atoms with van der Waals surface area (Å²) in [6.45, 7) is 5.01. The number of nitrogens with zero attached hydrogens (tertiary/aromatic N) is 2. The van der Waals surface area contributed by atoms with E-state index in [2.05, 4.69) is 24.1 Å². The van der Waals surface area contributed by atoms with Gasteiger partial charge in [0.25, 0.3) is 5.69 Å². The van der Waals surface area contributed by atoms with Gasteiger partial charge >= 0.3 is 0 Å². The van der Waals surface area contributed by atoms with Gasteiger partial charge in [0.15, 0.2) is 0 Å². The van der Waals surface area contributed by atoms with Crippen LogP contribution < -0.4 is 5.32 Å². The van der Waals surface area contributed by atoms with Crippen molar-refractivity contribution in [3.05, 3.63) is 38.9 Å². The molecule has 0 aliphatic rings. The van der Waals surface area contributed by atoms with E-state index in [-0.39, 0.29) is 5.69 Å². The molecule has 1 aromatic carbocycles. The lowest BCUT2D eigenvalue weighted by Gasteiger charge is -2.12. The Balaban J connectivity index is 2.59. The molecule has 2 rings (SSSR count). The van der Waals surface area contributed by atoms with Crippen molar-refractivity contribution in [3.63, 3.8) is 0 Å². The smallest absolute Gasteiger partial charge is 0.271 e. The molecule has 112 valence electrons. The monoisotopic (exact) mass is 307 g/mol. The molecule has 0 radical (unpaired) electrons. The molecule has 1 N–H and O–H groups in total. The van der Waals surface area contributed by atoms with Crippen molar-refractivity contribution in [1.29, 1.82) is 0 Å². The average Bonchev–Trinajstić information content (AvgIpc) is 2.45. The summed E-state index contributed by atoms with van der Waals surface area (Å²) in [6, 6.07) is 4.82. The summed E-state index contributed by atoms with van der Waals surface area (Å²) in [6.07, 6.45) is 2.85. The number of non-ortho nitro benzene ring substituents is 1. The maximum absolute atomic E-state index is 10.9. The van der Waals surface area contributed by atoms with Crippen molar-refractivity contribution < 1.29 is 4.92 Å². The summed E-state index contributed by atoms with van der Waals surface area (Å²) in [4.78, 5) is 15.1. The lowest BCUT2D eigenvalue weighted by Crippen LogP contribution is -2.06. The molecule has 0 saturated carbocycles. The number of pyridine rings is 1. The highest BCUT2D eigenvalue weighted by atomic mass is 35.5. The maximum Gasteiger partial charge on any atom is 0.271 e.